The molecule has 0 aliphatic carbocycles. The number of hydrogen-bond donors (Lipinski definition) is 2. The predicted octanol–water partition coefficient (Wildman–Crippen LogP) is 5.38. The molecule has 2 amide bonds. The van der Waals surface area contributed by atoms with Gasteiger partial charge in [0.05, 0.1) is 25.3 Å². The number of carbonyl (C=O) groups excluding carboxylic acids is 3. The van der Waals surface area contributed by atoms with E-state index in [1.807, 2.05) is 13.8 Å². The summed E-state index contributed by atoms with van der Waals surface area (Å²) in [4.78, 5) is 39.6. The number of aryl methyl sites for hydroxylation is 1. The number of hydrogen-bond acceptors (Lipinski definition) is 6. The average Bonchev–Trinajstić information content (AvgIpc) is 3.17. The van der Waals surface area contributed by atoms with Crippen LogP contribution in [0.3, 0.4) is 0 Å². The number of ether oxygens (including phenoxy) is 2. The molecule has 8 nitrogen and oxygen atoms in total. The lowest BCUT2D eigenvalue weighted by Gasteiger charge is -2.26. The van der Waals surface area contributed by atoms with E-state index in [9.17, 15) is 19.5 Å². The Labute approximate surface area is 221 Å². The van der Waals surface area contributed by atoms with E-state index >= 15 is 0 Å². The largest absolute Gasteiger partial charge is 0.507 e. The molecule has 1 saturated heterocycles. The van der Waals surface area contributed by atoms with Crippen LogP contribution >= 0.6 is 0 Å². The van der Waals surface area contributed by atoms with Crippen LogP contribution in [0.1, 0.15) is 43.0 Å². The number of aliphatic hydroxyl groups is 1. The van der Waals surface area contributed by atoms with Crippen molar-refractivity contribution in [2.75, 3.05) is 23.9 Å². The second-order valence-corrected chi connectivity index (χ2v) is 9.00. The van der Waals surface area contributed by atoms with Crippen LogP contribution in [0.5, 0.6) is 11.5 Å². The molecule has 4 rings (SSSR count). The van der Waals surface area contributed by atoms with Gasteiger partial charge in [-0.15, -0.1) is 0 Å². The van der Waals surface area contributed by atoms with E-state index in [4.69, 9.17) is 9.47 Å². The fourth-order valence-corrected chi connectivity index (χ4v) is 4.46. The van der Waals surface area contributed by atoms with E-state index < -0.39 is 17.7 Å². The molecule has 3 aromatic rings. The Hall–Kier alpha value is -4.59. The summed E-state index contributed by atoms with van der Waals surface area (Å²) >= 11 is 0. The molecule has 8 heteroatoms. The number of ketones is 1. The zero-order chi connectivity index (χ0) is 27.4. The number of nitrogens with zero attached hydrogens (tertiary/aromatic N) is 1. The first-order valence-corrected chi connectivity index (χ1v) is 12.3. The molecule has 0 spiro atoms. The fourth-order valence-electron chi connectivity index (χ4n) is 4.46. The monoisotopic (exact) mass is 514 g/mol. The molecule has 3 aromatic carbocycles. The lowest BCUT2D eigenvalue weighted by Crippen LogP contribution is -2.29. The van der Waals surface area contributed by atoms with Crippen LogP contribution in [0, 0.1) is 6.92 Å². The van der Waals surface area contributed by atoms with Crippen molar-refractivity contribution in [1.29, 1.82) is 0 Å². The molecule has 0 aromatic heterocycles. The maximum atomic E-state index is 13.4. The summed E-state index contributed by atoms with van der Waals surface area (Å²) in [5.41, 5.74) is 2.75. The third-order valence-corrected chi connectivity index (χ3v) is 6.23. The number of anilines is 2. The Morgan fingerprint density at radius 2 is 1.79 bits per heavy atom. The van der Waals surface area contributed by atoms with E-state index in [2.05, 4.69) is 5.32 Å². The van der Waals surface area contributed by atoms with Crippen LogP contribution in [0.15, 0.2) is 72.3 Å². The quantitative estimate of drug-likeness (QED) is 0.238. The minimum absolute atomic E-state index is 0.0317. The molecular formula is C30H30N2O6. The normalized spacial score (nSPS) is 16.4. The highest BCUT2D eigenvalue weighted by Crippen LogP contribution is 2.43. The highest BCUT2D eigenvalue weighted by atomic mass is 16.5. The maximum Gasteiger partial charge on any atom is 0.300 e. The second kappa shape index (κ2) is 11.2. The Morgan fingerprint density at radius 1 is 1.05 bits per heavy atom. The van der Waals surface area contributed by atoms with Gasteiger partial charge in [0, 0.05) is 23.9 Å². The van der Waals surface area contributed by atoms with E-state index in [1.165, 1.54) is 18.9 Å². The number of carbonyl (C=O) groups is 3. The van der Waals surface area contributed by atoms with Crippen molar-refractivity contribution in [2.45, 2.75) is 33.2 Å². The van der Waals surface area contributed by atoms with Crippen LogP contribution in [-0.4, -0.2) is 36.4 Å². The summed E-state index contributed by atoms with van der Waals surface area (Å²) in [6.07, 6.45) is 0.858. The lowest BCUT2D eigenvalue weighted by molar-refractivity contribution is -0.132. The SMILES string of the molecule is CCCOc1ccc(/C(O)=C2/C(=O)C(=O)N(c3ccc(NC(C)=O)cc3)C2c2cccc(OC)c2)cc1C. The third kappa shape index (κ3) is 5.25. The van der Waals surface area contributed by atoms with Crippen molar-refractivity contribution in [3.8, 4) is 11.5 Å². The number of benzene rings is 3. The average molecular weight is 515 g/mol. The summed E-state index contributed by atoms with van der Waals surface area (Å²) in [7, 11) is 1.53. The first kappa shape index (κ1) is 26.5. The summed E-state index contributed by atoms with van der Waals surface area (Å²) in [5.74, 6) is -0.846. The Bertz CT molecular complexity index is 1410. The number of Topliss-reactive ketones (excluding diaryl/α,β-unsaturated/α-hetero) is 1. The van der Waals surface area contributed by atoms with Crippen LogP contribution in [0.25, 0.3) is 5.76 Å². The van der Waals surface area contributed by atoms with Crippen LogP contribution in [0.4, 0.5) is 11.4 Å². The predicted molar refractivity (Wildman–Crippen MR) is 145 cm³/mol. The minimum atomic E-state index is -0.909. The first-order chi connectivity index (χ1) is 18.2. The Balaban J connectivity index is 1.85. The van der Waals surface area contributed by atoms with Gasteiger partial charge in [-0.05, 0) is 79.1 Å². The van der Waals surface area contributed by atoms with Crippen molar-refractivity contribution in [2.24, 2.45) is 0 Å². The molecule has 1 unspecified atom stereocenters. The number of methoxy groups -OCH3 is 1. The highest BCUT2D eigenvalue weighted by Gasteiger charge is 2.47. The Morgan fingerprint density at radius 3 is 2.42 bits per heavy atom. The summed E-state index contributed by atoms with van der Waals surface area (Å²) in [6.45, 7) is 5.84. The van der Waals surface area contributed by atoms with E-state index in [0.717, 1.165) is 12.0 Å². The van der Waals surface area contributed by atoms with E-state index in [-0.39, 0.29) is 17.2 Å². The first-order valence-electron chi connectivity index (χ1n) is 12.3. The summed E-state index contributed by atoms with van der Waals surface area (Å²) in [5, 5.41) is 14.1. The van der Waals surface area contributed by atoms with Gasteiger partial charge in [-0.3, -0.25) is 19.3 Å². The van der Waals surface area contributed by atoms with Gasteiger partial charge < -0.3 is 19.9 Å². The fraction of sp³-hybridized carbons (Fsp3) is 0.233. The molecule has 1 aliphatic rings. The Kier molecular flexibility index (Phi) is 7.81. The molecular weight excluding hydrogens is 484 g/mol. The van der Waals surface area contributed by atoms with Crippen molar-refractivity contribution in [3.63, 3.8) is 0 Å². The smallest absolute Gasteiger partial charge is 0.300 e. The maximum absolute atomic E-state index is 13.4. The molecule has 0 radical (unpaired) electrons. The van der Waals surface area contributed by atoms with Crippen LogP contribution < -0.4 is 19.7 Å². The third-order valence-electron chi connectivity index (χ3n) is 6.23. The second-order valence-electron chi connectivity index (χ2n) is 9.00. The number of nitrogens with one attached hydrogen (secondary N) is 1. The van der Waals surface area contributed by atoms with Gasteiger partial charge in [-0.1, -0.05) is 19.1 Å². The van der Waals surface area contributed by atoms with Crippen molar-refractivity contribution in [3.05, 3.63) is 89.0 Å². The van der Waals surface area contributed by atoms with Gasteiger partial charge in [0.15, 0.2) is 0 Å². The number of rotatable bonds is 8. The molecule has 1 aliphatic heterocycles. The molecule has 1 fully saturated rings. The van der Waals surface area contributed by atoms with Gasteiger partial charge in [-0.25, -0.2) is 0 Å². The molecule has 2 N–H and O–H groups in total. The topological polar surface area (TPSA) is 105 Å². The molecule has 196 valence electrons. The molecule has 0 bridgehead atoms. The van der Waals surface area contributed by atoms with Crippen molar-refractivity contribution < 1.29 is 29.0 Å². The minimum Gasteiger partial charge on any atom is -0.507 e. The van der Waals surface area contributed by atoms with Gasteiger partial charge >= 0.3 is 0 Å². The number of aliphatic hydroxyl groups excluding tert-OH is 1. The zero-order valence-corrected chi connectivity index (χ0v) is 21.8. The summed E-state index contributed by atoms with van der Waals surface area (Å²) in [6, 6.07) is 17.9. The van der Waals surface area contributed by atoms with Gasteiger partial charge in [0.2, 0.25) is 5.91 Å². The highest BCUT2D eigenvalue weighted by molar-refractivity contribution is 6.51. The van der Waals surface area contributed by atoms with Gasteiger partial charge in [0.1, 0.15) is 17.3 Å². The van der Waals surface area contributed by atoms with Crippen molar-refractivity contribution >= 4 is 34.7 Å². The molecule has 38 heavy (non-hydrogen) atoms. The van der Waals surface area contributed by atoms with Crippen molar-refractivity contribution in [1.82, 2.24) is 0 Å². The molecule has 0 saturated carbocycles. The zero-order valence-electron chi connectivity index (χ0n) is 21.8. The molecule has 1 heterocycles. The number of amides is 2. The van der Waals surface area contributed by atoms with Crippen LogP contribution in [-0.2, 0) is 14.4 Å². The van der Waals surface area contributed by atoms with Gasteiger partial charge in [-0.2, -0.15) is 0 Å². The molecule has 1 atom stereocenters. The summed E-state index contributed by atoms with van der Waals surface area (Å²) < 4.78 is 11.1. The van der Waals surface area contributed by atoms with Gasteiger partial charge in [0.25, 0.3) is 11.7 Å². The van der Waals surface area contributed by atoms with Crippen LogP contribution in [0.2, 0.25) is 0 Å². The van der Waals surface area contributed by atoms with E-state index in [1.54, 1.807) is 66.7 Å². The lowest BCUT2D eigenvalue weighted by atomic mass is 9.94. The van der Waals surface area contributed by atoms with E-state index in [0.29, 0.717) is 40.6 Å². The standard InChI is InChI=1S/C30H30N2O6/c1-5-15-38-25-14-9-21(16-18(25)2)28(34)26-27(20-7-6-8-24(17-20)37-4)32(30(36)29(26)35)23-12-10-22(11-13-23)31-19(3)33/h6-14,16-17,27,34H,5,15H2,1-4H3,(H,31,33)/b28-26-.